The number of rotatable bonds is 7. The lowest BCUT2D eigenvalue weighted by molar-refractivity contribution is -0.128. The molecule has 2 amide bonds. The Morgan fingerprint density at radius 2 is 1.80 bits per heavy atom. The smallest absolute Gasteiger partial charge is 0.229 e. The number of aromatic nitrogens is 2. The summed E-state index contributed by atoms with van der Waals surface area (Å²) < 4.78 is 5.76. The maximum atomic E-state index is 12.7. The van der Waals surface area contributed by atoms with Crippen molar-refractivity contribution < 1.29 is 14.3 Å². The minimum absolute atomic E-state index is 0.0340. The van der Waals surface area contributed by atoms with Crippen LogP contribution >= 0.6 is 0 Å². The molecule has 0 aliphatic carbocycles. The van der Waals surface area contributed by atoms with E-state index in [1.165, 1.54) is 0 Å². The van der Waals surface area contributed by atoms with Crippen molar-refractivity contribution in [3.63, 3.8) is 0 Å². The third-order valence-corrected chi connectivity index (χ3v) is 4.88. The van der Waals surface area contributed by atoms with E-state index in [2.05, 4.69) is 15.3 Å². The molecule has 1 fully saturated rings. The molecule has 1 unspecified atom stereocenters. The van der Waals surface area contributed by atoms with Crippen molar-refractivity contribution in [2.45, 2.75) is 19.6 Å². The SMILES string of the molecule is O=C(Nc1cccc(OCc2ccccn2)c1)C1CC(=O)N(Cc2ccccn2)C1. The zero-order chi connectivity index (χ0) is 20.8. The van der Waals surface area contributed by atoms with Gasteiger partial charge in [0.05, 0.1) is 23.9 Å². The number of hydrogen-bond acceptors (Lipinski definition) is 5. The predicted octanol–water partition coefficient (Wildman–Crippen LogP) is 3.04. The molecule has 1 atom stereocenters. The molecule has 1 aliphatic rings. The molecule has 2 aromatic heterocycles. The number of nitrogens with one attached hydrogen (secondary N) is 1. The van der Waals surface area contributed by atoms with Crippen molar-refractivity contribution in [2.75, 3.05) is 11.9 Å². The van der Waals surface area contributed by atoms with Gasteiger partial charge in [-0.25, -0.2) is 0 Å². The highest BCUT2D eigenvalue weighted by Gasteiger charge is 2.34. The van der Waals surface area contributed by atoms with E-state index in [1.54, 1.807) is 29.4 Å². The van der Waals surface area contributed by atoms with E-state index in [-0.39, 0.29) is 24.2 Å². The van der Waals surface area contributed by atoms with E-state index in [1.807, 2.05) is 48.5 Å². The Morgan fingerprint density at radius 1 is 1.03 bits per heavy atom. The number of ether oxygens (including phenoxy) is 1. The fourth-order valence-corrected chi connectivity index (χ4v) is 3.34. The van der Waals surface area contributed by atoms with E-state index in [9.17, 15) is 9.59 Å². The summed E-state index contributed by atoms with van der Waals surface area (Å²) in [4.78, 5) is 35.2. The molecule has 152 valence electrons. The maximum absolute atomic E-state index is 12.7. The Balaban J connectivity index is 1.33. The number of nitrogens with zero attached hydrogens (tertiary/aromatic N) is 3. The van der Waals surface area contributed by atoms with E-state index in [0.717, 1.165) is 11.4 Å². The van der Waals surface area contributed by atoms with Gasteiger partial charge in [0.15, 0.2) is 0 Å². The average Bonchev–Trinajstić information content (AvgIpc) is 3.14. The Kier molecular flexibility index (Phi) is 5.98. The van der Waals surface area contributed by atoms with Crippen molar-refractivity contribution in [1.29, 1.82) is 0 Å². The Hall–Kier alpha value is -3.74. The second-order valence-electron chi connectivity index (χ2n) is 7.12. The summed E-state index contributed by atoms with van der Waals surface area (Å²) in [5.74, 6) is 0.0408. The van der Waals surface area contributed by atoms with Gasteiger partial charge in [0.1, 0.15) is 12.4 Å². The van der Waals surface area contributed by atoms with Crippen molar-refractivity contribution in [2.24, 2.45) is 5.92 Å². The fraction of sp³-hybridized carbons (Fsp3) is 0.217. The number of anilines is 1. The number of benzene rings is 1. The predicted molar refractivity (Wildman–Crippen MR) is 111 cm³/mol. The van der Waals surface area contributed by atoms with Gasteiger partial charge in [-0.3, -0.25) is 19.6 Å². The highest BCUT2D eigenvalue weighted by Crippen LogP contribution is 2.23. The summed E-state index contributed by atoms with van der Waals surface area (Å²) in [5, 5.41) is 2.90. The van der Waals surface area contributed by atoms with Crippen LogP contribution in [0.5, 0.6) is 5.75 Å². The molecule has 30 heavy (non-hydrogen) atoms. The molecule has 0 bridgehead atoms. The molecule has 0 radical (unpaired) electrons. The zero-order valence-electron chi connectivity index (χ0n) is 16.4. The first kappa shape index (κ1) is 19.6. The van der Waals surface area contributed by atoms with Crippen LogP contribution in [0.4, 0.5) is 5.69 Å². The molecule has 0 spiro atoms. The number of carbonyl (C=O) groups excluding carboxylic acids is 2. The lowest BCUT2D eigenvalue weighted by Crippen LogP contribution is -2.28. The van der Waals surface area contributed by atoms with Crippen LogP contribution in [-0.4, -0.2) is 33.2 Å². The first-order valence-electron chi connectivity index (χ1n) is 9.79. The Labute approximate surface area is 174 Å². The van der Waals surface area contributed by atoms with Gasteiger partial charge in [-0.05, 0) is 36.4 Å². The van der Waals surface area contributed by atoms with Crippen molar-refractivity contribution >= 4 is 17.5 Å². The van der Waals surface area contributed by atoms with Crippen LogP contribution in [0.2, 0.25) is 0 Å². The summed E-state index contributed by atoms with van der Waals surface area (Å²) in [6.07, 6.45) is 3.62. The standard InChI is InChI=1S/C23H22N4O3/c28-22-12-17(14-27(22)15-19-6-1-3-10-24-19)23(29)26-18-8-5-9-21(13-18)30-16-20-7-2-4-11-25-20/h1-11,13,17H,12,14-16H2,(H,26,29). The summed E-state index contributed by atoms with van der Waals surface area (Å²) in [6.45, 7) is 1.15. The van der Waals surface area contributed by atoms with Gasteiger partial charge in [-0.1, -0.05) is 18.2 Å². The van der Waals surface area contributed by atoms with E-state index < -0.39 is 0 Å². The van der Waals surface area contributed by atoms with Crippen LogP contribution in [0.1, 0.15) is 17.8 Å². The minimum atomic E-state index is -0.390. The number of carbonyl (C=O) groups is 2. The monoisotopic (exact) mass is 402 g/mol. The van der Waals surface area contributed by atoms with Crippen LogP contribution in [0.25, 0.3) is 0 Å². The van der Waals surface area contributed by atoms with Gasteiger partial charge in [0, 0.05) is 37.1 Å². The van der Waals surface area contributed by atoms with Crippen LogP contribution in [-0.2, 0) is 22.7 Å². The third kappa shape index (κ3) is 5.00. The normalized spacial score (nSPS) is 15.8. The van der Waals surface area contributed by atoms with Crippen LogP contribution in [0, 0.1) is 5.92 Å². The minimum Gasteiger partial charge on any atom is -0.487 e. The fourth-order valence-electron chi connectivity index (χ4n) is 3.34. The average molecular weight is 402 g/mol. The highest BCUT2D eigenvalue weighted by atomic mass is 16.5. The van der Waals surface area contributed by atoms with Gasteiger partial charge in [-0.15, -0.1) is 0 Å². The molecule has 7 nitrogen and oxygen atoms in total. The van der Waals surface area contributed by atoms with Crippen LogP contribution in [0.3, 0.4) is 0 Å². The molecule has 3 heterocycles. The molecule has 1 saturated heterocycles. The van der Waals surface area contributed by atoms with Crippen LogP contribution < -0.4 is 10.1 Å². The first-order chi connectivity index (χ1) is 14.7. The van der Waals surface area contributed by atoms with Gasteiger partial charge in [-0.2, -0.15) is 0 Å². The second kappa shape index (κ2) is 9.17. The topological polar surface area (TPSA) is 84.4 Å². The zero-order valence-corrected chi connectivity index (χ0v) is 16.4. The molecule has 1 aliphatic heterocycles. The highest BCUT2D eigenvalue weighted by molar-refractivity contribution is 5.97. The number of pyridine rings is 2. The summed E-state index contributed by atoms with van der Waals surface area (Å²) in [6, 6.07) is 18.4. The second-order valence-corrected chi connectivity index (χ2v) is 7.12. The van der Waals surface area contributed by atoms with Gasteiger partial charge >= 0.3 is 0 Å². The molecule has 0 saturated carbocycles. The summed E-state index contributed by atoms with van der Waals surface area (Å²) >= 11 is 0. The van der Waals surface area contributed by atoms with E-state index in [4.69, 9.17) is 4.74 Å². The Bertz CT molecular complexity index is 1010. The number of likely N-dealkylation sites (tertiary alicyclic amines) is 1. The van der Waals surface area contributed by atoms with Crippen LogP contribution in [0.15, 0.2) is 73.1 Å². The van der Waals surface area contributed by atoms with E-state index in [0.29, 0.717) is 31.1 Å². The van der Waals surface area contributed by atoms with Crippen molar-refractivity contribution in [1.82, 2.24) is 14.9 Å². The van der Waals surface area contributed by atoms with Gasteiger partial charge in [0.2, 0.25) is 11.8 Å². The number of hydrogen-bond donors (Lipinski definition) is 1. The molecular formula is C23H22N4O3. The largest absolute Gasteiger partial charge is 0.487 e. The molecule has 4 rings (SSSR count). The lowest BCUT2D eigenvalue weighted by Gasteiger charge is -2.16. The first-order valence-corrected chi connectivity index (χ1v) is 9.79. The summed E-state index contributed by atoms with van der Waals surface area (Å²) in [5.41, 5.74) is 2.27. The molecule has 7 heteroatoms. The van der Waals surface area contributed by atoms with Gasteiger partial charge in [0.25, 0.3) is 0 Å². The molecule has 3 aromatic rings. The lowest BCUT2D eigenvalue weighted by atomic mass is 10.1. The Morgan fingerprint density at radius 3 is 2.53 bits per heavy atom. The molecule has 1 aromatic carbocycles. The van der Waals surface area contributed by atoms with Gasteiger partial charge < -0.3 is 15.0 Å². The molecule has 1 N–H and O–H groups in total. The van der Waals surface area contributed by atoms with Crippen molar-refractivity contribution in [3.8, 4) is 5.75 Å². The number of amides is 2. The summed E-state index contributed by atoms with van der Waals surface area (Å²) in [7, 11) is 0. The quantitative estimate of drug-likeness (QED) is 0.657. The van der Waals surface area contributed by atoms with E-state index >= 15 is 0 Å². The maximum Gasteiger partial charge on any atom is 0.229 e. The molecular weight excluding hydrogens is 380 g/mol. The van der Waals surface area contributed by atoms with Crippen molar-refractivity contribution in [3.05, 3.63) is 84.4 Å². The third-order valence-electron chi connectivity index (χ3n) is 4.88.